The lowest BCUT2D eigenvalue weighted by Gasteiger charge is -2.05. The summed E-state index contributed by atoms with van der Waals surface area (Å²) >= 11 is 12.9. The predicted molar refractivity (Wildman–Crippen MR) is 102 cm³/mol. The minimum atomic E-state index is -0.582. The van der Waals surface area contributed by atoms with Gasteiger partial charge in [0.2, 0.25) is 5.91 Å². The van der Waals surface area contributed by atoms with Gasteiger partial charge in [0.1, 0.15) is 23.2 Å². The molecular weight excluding hydrogens is 398 g/mol. The molecule has 3 aromatic rings. The smallest absolute Gasteiger partial charge is 0.230 e. The summed E-state index contributed by atoms with van der Waals surface area (Å²) in [7, 11) is 0. The zero-order valence-corrected chi connectivity index (χ0v) is 15.7. The highest BCUT2D eigenvalue weighted by Gasteiger charge is 2.11. The predicted octanol–water partition coefficient (Wildman–Crippen LogP) is 5.35. The largest absolute Gasteiger partial charge is 0.486 e. The van der Waals surface area contributed by atoms with Gasteiger partial charge in [-0.2, -0.15) is 0 Å². The Morgan fingerprint density at radius 2 is 1.88 bits per heavy atom. The van der Waals surface area contributed by atoms with E-state index in [0.717, 1.165) is 11.1 Å². The molecule has 8 heteroatoms. The summed E-state index contributed by atoms with van der Waals surface area (Å²) in [6.07, 6.45) is 0.0412. The maximum atomic E-state index is 13.7. The summed E-state index contributed by atoms with van der Waals surface area (Å²) in [5, 5.41) is 5.92. The van der Waals surface area contributed by atoms with Gasteiger partial charge in [0.05, 0.1) is 17.8 Å². The average Bonchev–Trinajstić information content (AvgIpc) is 3.04. The van der Waals surface area contributed by atoms with Crippen LogP contribution >= 0.6 is 34.5 Å². The highest BCUT2D eigenvalue weighted by atomic mass is 35.5. The van der Waals surface area contributed by atoms with Gasteiger partial charge in [0.15, 0.2) is 0 Å². The average molecular weight is 411 g/mol. The molecule has 1 heterocycles. The second-order valence-electron chi connectivity index (χ2n) is 5.32. The third-order valence-electron chi connectivity index (χ3n) is 3.32. The highest BCUT2D eigenvalue weighted by Crippen LogP contribution is 2.20. The molecule has 2 aromatic carbocycles. The number of amides is 1. The highest BCUT2D eigenvalue weighted by molar-refractivity contribution is 7.09. The summed E-state index contributed by atoms with van der Waals surface area (Å²) in [5.74, 6) is -0.259. The van der Waals surface area contributed by atoms with Crippen molar-refractivity contribution in [2.24, 2.45) is 0 Å². The van der Waals surface area contributed by atoms with E-state index >= 15 is 0 Å². The van der Waals surface area contributed by atoms with Crippen LogP contribution < -0.4 is 10.1 Å². The second-order valence-corrected chi connectivity index (χ2v) is 7.14. The minimum Gasteiger partial charge on any atom is -0.486 e. The Morgan fingerprint density at radius 1 is 1.15 bits per heavy atom. The molecule has 0 bridgehead atoms. The van der Waals surface area contributed by atoms with Crippen LogP contribution in [0.4, 0.5) is 10.1 Å². The van der Waals surface area contributed by atoms with Crippen LogP contribution in [0.15, 0.2) is 47.8 Å². The molecule has 4 nitrogen and oxygen atoms in total. The first kappa shape index (κ1) is 18.6. The lowest BCUT2D eigenvalue weighted by Crippen LogP contribution is -2.15. The number of rotatable bonds is 6. The van der Waals surface area contributed by atoms with Crippen molar-refractivity contribution >= 4 is 46.1 Å². The number of thiazole rings is 1. The maximum Gasteiger partial charge on any atom is 0.230 e. The van der Waals surface area contributed by atoms with Gasteiger partial charge in [-0.1, -0.05) is 23.2 Å². The van der Waals surface area contributed by atoms with Gasteiger partial charge in [0, 0.05) is 15.4 Å². The van der Waals surface area contributed by atoms with Crippen LogP contribution in [0.5, 0.6) is 5.75 Å². The zero-order valence-electron chi connectivity index (χ0n) is 13.3. The molecule has 1 aromatic heterocycles. The molecule has 0 radical (unpaired) electrons. The summed E-state index contributed by atoms with van der Waals surface area (Å²) < 4.78 is 19.3. The summed E-state index contributed by atoms with van der Waals surface area (Å²) in [6.45, 7) is 0.291. The molecule has 1 N–H and O–H groups in total. The van der Waals surface area contributed by atoms with E-state index in [9.17, 15) is 9.18 Å². The fourth-order valence-electron chi connectivity index (χ4n) is 2.12. The number of carbonyl (C=O) groups excluding carboxylic acids is 1. The standard InChI is InChI=1S/C18H13Cl2FN2O2S/c19-11-1-4-14(5-2-11)25-9-18-22-13(10-26-18)8-17(24)23-16-6-3-12(20)7-15(16)21/h1-7,10H,8-9H2,(H,23,24). The van der Waals surface area contributed by atoms with Crippen LogP contribution in [0, 0.1) is 5.82 Å². The van der Waals surface area contributed by atoms with Gasteiger partial charge in [0.25, 0.3) is 0 Å². The lowest BCUT2D eigenvalue weighted by molar-refractivity contribution is -0.115. The van der Waals surface area contributed by atoms with Crippen molar-refractivity contribution in [1.29, 1.82) is 0 Å². The van der Waals surface area contributed by atoms with Gasteiger partial charge in [-0.25, -0.2) is 9.37 Å². The molecule has 1 amide bonds. The Hall–Kier alpha value is -2.15. The number of hydrogen-bond acceptors (Lipinski definition) is 4. The Bertz CT molecular complexity index is 916. The quantitative estimate of drug-likeness (QED) is 0.595. The van der Waals surface area contributed by atoms with Gasteiger partial charge in [-0.3, -0.25) is 4.79 Å². The normalized spacial score (nSPS) is 10.6. The first-order valence-electron chi connectivity index (χ1n) is 7.56. The Morgan fingerprint density at radius 3 is 2.62 bits per heavy atom. The van der Waals surface area contributed by atoms with Crippen molar-refractivity contribution in [3.8, 4) is 5.75 Å². The summed E-state index contributed by atoms with van der Waals surface area (Å²) in [5.41, 5.74) is 0.678. The first-order valence-corrected chi connectivity index (χ1v) is 9.20. The van der Waals surface area contributed by atoms with E-state index in [1.54, 1.807) is 29.6 Å². The molecule has 0 fully saturated rings. The number of halogens is 3. The molecular formula is C18H13Cl2FN2O2S. The molecule has 0 spiro atoms. The van der Waals surface area contributed by atoms with Crippen molar-refractivity contribution in [2.45, 2.75) is 13.0 Å². The summed E-state index contributed by atoms with van der Waals surface area (Å²) in [6, 6.07) is 11.1. The third kappa shape index (κ3) is 5.17. The monoisotopic (exact) mass is 410 g/mol. The van der Waals surface area contributed by atoms with Crippen molar-refractivity contribution in [1.82, 2.24) is 4.98 Å². The van der Waals surface area contributed by atoms with Gasteiger partial charge >= 0.3 is 0 Å². The fraction of sp³-hybridized carbons (Fsp3) is 0.111. The molecule has 0 saturated heterocycles. The molecule has 3 rings (SSSR count). The van der Waals surface area contributed by atoms with Gasteiger partial charge in [-0.05, 0) is 42.5 Å². The number of anilines is 1. The van der Waals surface area contributed by atoms with E-state index < -0.39 is 5.82 Å². The van der Waals surface area contributed by atoms with E-state index in [1.807, 2.05) is 0 Å². The lowest BCUT2D eigenvalue weighted by atomic mass is 10.2. The van der Waals surface area contributed by atoms with E-state index in [2.05, 4.69) is 10.3 Å². The Kier molecular flexibility index (Phi) is 6.08. The number of nitrogens with one attached hydrogen (secondary N) is 1. The van der Waals surface area contributed by atoms with Crippen LogP contribution in [-0.2, 0) is 17.8 Å². The van der Waals surface area contributed by atoms with E-state index in [-0.39, 0.29) is 23.0 Å². The molecule has 0 aliphatic carbocycles. The van der Waals surface area contributed by atoms with Crippen LogP contribution in [-0.4, -0.2) is 10.9 Å². The summed E-state index contributed by atoms with van der Waals surface area (Å²) in [4.78, 5) is 16.4. The van der Waals surface area contributed by atoms with E-state index in [1.165, 1.54) is 23.5 Å². The van der Waals surface area contributed by atoms with Crippen molar-refractivity contribution in [3.05, 3.63) is 74.4 Å². The number of benzene rings is 2. The Labute approximate surface area is 163 Å². The van der Waals surface area contributed by atoms with Crippen LogP contribution in [0.2, 0.25) is 10.0 Å². The second kappa shape index (κ2) is 8.49. The number of carbonyl (C=O) groups is 1. The first-order chi connectivity index (χ1) is 12.5. The van der Waals surface area contributed by atoms with Gasteiger partial charge < -0.3 is 10.1 Å². The van der Waals surface area contributed by atoms with Crippen LogP contribution in [0.1, 0.15) is 10.7 Å². The maximum absolute atomic E-state index is 13.7. The number of nitrogens with zero attached hydrogens (tertiary/aromatic N) is 1. The topological polar surface area (TPSA) is 51.2 Å². The number of hydrogen-bond donors (Lipinski definition) is 1. The molecule has 134 valence electrons. The molecule has 0 atom stereocenters. The molecule has 0 saturated carbocycles. The number of aromatic nitrogens is 1. The van der Waals surface area contributed by atoms with Crippen molar-refractivity contribution in [2.75, 3.05) is 5.32 Å². The van der Waals surface area contributed by atoms with Crippen LogP contribution in [0.25, 0.3) is 0 Å². The van der Waals surface area contributed by atoms with E-state index in [4.69, 9.17) is 27.9 Å². The Balaban J connectivity index is 1.54. The van der Waals surface area contributed by atoms with Crippen molar-refractivity contribution in [3.63, 3.8) is 0 Å². The number of ether oxygens (including phenoxy) is 1. The third-order valence-corrected chi connectivity index (χ3v) is 4.68. The van der Waals surface area contributed by atoms with Crippen LogP contribution in [0.3, 0.4) is 0 Å². The SMILES string of the molecule is O=C(Cc1csc(COc2ccc(Cl)cc2)n1)Nc1ccc(Cl)cc1F. The van der Waals surface area contributed by atoms with Crippen molar-refractivity contribution < 1.29 is 13.9 Å². The van der Waals surface area contributed by atoms with E-state index in [0.29, 0.717) is 23.1 Å². The van der Waals surface area contributed by atoms with Gasteiger partial charge in [-0.15, -0.1) is 11.3 Å². The molecule has 0 unspecified atom stereocenters. The fourth-order valence-corrected chi connectivity index (χ4v) is 3.11. The molecule has 26 heavy (non-hydrogen) atoms. The molecule has 0 aliphatic rings. The molecule has 0 aliphatic heterocycles. The minimum absolute atomic E-state index is 0.0412. The zero-order chi connectivity index (χ0) is 18.5.